The molecular formula is C25H25N5O4S2. The van der Waals surface area contributed by atoms with Gasteiger partial charge in [-0.05, 0) is 49.4 Å². The molecule has 0 N–H and O–H groups in total. The highest BCUT2D eigenvalue weighted by molar-refractivity contribution is 7.89. The number of ether oxygens (including phenoxy) is 1. The van der Waals surface area contributed by atoms with Gasteiger partial charge in [-0.2, -0.15) is 19.8 Å². The molecule has 3 rings (SSSR count). The number of aromatic nitrogens is 1. The molecule has 0 aliphatic carbocycles. The molecule has 0 aliphatic heterocycles. The number of amides is 1. The van der Waals surface area contributed by atoms with Crippen LogP contribution in [0.25, 0.3) is 10.2 Å². The highest BCUT2D eigenvalue weighted by Gasteiger charge is 2.24. The molecular weight excluding hydrogens is 498 g/mol. The van der Waals surface area contributed by atoms with Gasteiger partial charge in [0.05, 0.1) is 33.9 Å². The summed E-state index contributed by atoms with van der Waals surface area (Å²) in [7, 11) is -3.92. The van der Waals surface area contributed by atoms with E-state index < -0.39 is 15.9 Å². The van der Waals surface area contributed by atoms with Gasteiger partial charge < -0.3 is 9.30 Å². The van der Waals surface area contributed by atoms with E-state index in [1.54, 1.807) is 6.08 Å². The number of thiazole rings is 1. The Kier molecular flexibility index (Phi) is 9.14. The van der Waals surface area contributed by atoms with Crippen molar-refractivity contribution < 1.29 is 17.9 Å². The number of nitriles is 2. The summed E-state index contributed by atoms with van der Waals surface area (Å²) in [5.74, 6) is 0.212. The van der Waals surface area contributed by atoms with Crippen molar-refractivity contribution in [1.82, 2.24) is 8.87 Å². The molecule has 1 amide bonds. The minimum absolute atomic E-state index is 0.00600. The van der Waals surface area contributed by atoms with Crippen molar-refractivity contribution in [1.29, 1.82) is 10.5 Å². The maximum atomic E-state index is 13.0. The number of fused-ring (bicyclic) bond motifs is 1. The van der Waals surface area contributed by atoms with E-state index in [2.05, 4.69) is 11.6 Å². The fraction of sp³-hybridized carbons (Fsp3) is 0.280. The van der Waals surface area contributed by atoms with Crippen LogP contribution in [0.15, 0.2) is 65.0 Å². The number of sulfonamides is 1. The Morgan fingerprint density at radius 3 is 2.42 bits per heavy atom. The first kappa shape index (κ1) is 26.8. The van der Waals surface area contributed by atoms with Crippen LogP contribution >= 0.6 is 11.3 Å². The summed E-state index contributed by atoms with van der Waals surface area (Å²) >= 11 is 1.35. The normalized spacial score (nSPS) is 11.8. The second kappa shape index (κ2) is 12.3. The van der Waals surface area contributed by atoms with Crippen molar-refractivity contribution in [2.45, 2.75) is 31.2 Å². The number of hydrogen-bond donors (Lipinski definition) is 0. The van der Waals surface area contributed by atoms with Crippen LogP contribution in [0.1, 0.15) is 30.1 Å². The first-order chi connectivity index (χ1) is 17.3. The lowest BCUT2D eigenvalue weighted by Crippen LogP contribution is -2.32. The predicted octanol–water partition coefficient (Wildman–Crippen LogP) is 3.85. The van der Waals surface area contributed by atoms with Crippen molar-refractivity contribution in [2.24, 2.45) is 4.99 Å². The lowest BCUT2D eigenvalue weighted by molar-refractivity contribution is 0.0997. The second-order valence-electron chi connectivity index (χ2n) is 7.51. The van der Waals surface area contributed by atoms with Crippen molar-refractivity contribution in [2.75, 3.05) is 19.7 Å². The second-order valence-corrected chi connectivity index (χ2v) is 10.5. The monoisotopic (exact) mass is 523 g/mol. The quantitative estimate of drug-likeness (QED) is 0.351. The Morgan fingerprint density at radius 1 is 1.17 bits per heavy atom. The molecule has 0 aliphatic rings. The highest BCUT2D eigenvalue weighted by Crippen LogP contribution is 2.24. The van der Waals surface area contributed by atoms with Crippen molar-refractivity contribution >= 4 is 37.5 Å². The summed E-state index contributed by atoms with van der Waals surface area (Å²) < 4.78 is 35.4. The first-order valence-electron chi connectivity index (χ1n) is 11.2. The van der Waals surface area contributed by atoms with Gasteiger partial charge in [0.15, 0.2) is 4.80 Å². The zero-order valence-corrected chi connectivity index (χ0v) is 21.4. The number of carbonyl (C=O) groups excluding carboxylic acids is 1. The van der Waals surface area contributed by atoms with E-state index >= 15 is 0 Å². The molecule has 0 saturated heterocycles. The SMILES string of the molecule is C=CCn1c(=NC(=O)c2ccc(S(=O)(=O)N(CCC#N)CCC#N)cc2)sc2cc(OCC)ccc21. The lowest BCUT2D eigenvalue weighted by Gasteiger charge is -2.20. The van der Waals surface area contributed by atoms with Gasteiger partial charge in [0.25, 0.3) is 5.91 Å². The number of rotatable bonds is 11. The number of hydrogen-bond acceptors (Lipinski definition) is 7. The minimum atomic E-state index is -3.92. The zero-order valence-electron chi connectivity index (χ0n) is 19.8. The summed E-state index contributed by atoms with van der Waals surface area (Å²) in [6, 6.07) is 15.0. The van der Waals surface area contributed by atoms with Crippen LogP contribution in [0.3, 0.4) is 0 Å². The average molecular weight is 524 g/mol. The van der Waals surface area contributed by atoms with Gasteiger partial charge in [0.1, 0.15) is 5.75 Å². The molecule has 0 atom stereocenters. The molecule has 11 heteroatoms. The fourth-order valence-electron chi connectivity index (χ4n) is 3.47. The molecule has 1 heterocycles. The number of benzene rings is 2. The summed E-state index contributed by atoms with van der Waals surface area (Å²) in [5, 5.41) is 17.7. The summed E-state index contributed by atoms with van der Waals surface area (Å²) in [5.41, 5.74) is 1.12. The van der Waals surface area contributed by atoms with Gasteiger partial charge in [0.2, 0.25) is 10.0 Å². The first-order valence-corrected chi connectivity index (χ1v) is 13.4. The van der Waals surface area contributed by atoms with Crippen molar-refractivity contribution in [3.05, 3.63) is 65.5 Å². The van der Waals surface area contributed by atoms with Crippen molar-refractivity contribution in [3.63, 3.8) is 0 Å². The Hall–Kier alpha value is -3.77. The van der Waals surface area contributed by atoms with Gasteiger partial charge in [-0.25, -0.2) is 8.42 Å². The molecule has 3 aromatic rings. The molecule has 0 saturated carbocycles. The third kappa shape index (κ3) is 6.07. The van der Waals surface area contributed by atoms with E-state index in [0.29, 0.717) is 18.0 Å². The Labute approximate surface area is 213 Å². The number of carbonyl (C=O) groups is 1. The third-order valence-electron chi connectivity index (χ3n) is 5.16. The molecule has 0 radical (unpaired) electrons. The van der Waals surface area contributed by atoms with E-state index in [-0.39, 0.29) is 36.4 Å². The van der Waals surface area contributed by atoms with E-state index in [9.17, 15) is 13.2 Å². The van der Waals surface area contributed by atoms with Crippen LogP contribution in [-0.4, -0.2) is 42.9 Å². The number of allylic oxidation sites excluding steroid dienone is 1. The van der Waals surface area contributed by atoms with Gasteiger partial charge in [-0.1, -0.05) is 17.4 Å². The highest BCUT2D eigenvalue weighted by atomic mass is 32.2. The number of nitrogens with zero attached hydrogens (tertiary/aromatic N) is 5. The standard InChI is InChI=1S/C25H25N5O4S2/c1-3-15-30-22-12-9-20(34-4-2)18-23(22)35-25(30)28-24(31)19-7-10-21(11-8-19)36(32,33)29(16-5-13-26)17-6-14-27/h3,7-12,18H,1,4-6,15-17H2,2H3. The molecule has 186 valence electrons. The zero-order chi connectivity index (χ0) is 26.1. The fourth-order valence-corrected chi connectivity index (χ4v) is 5.98. The van der Waals surface area contributed by atoms with Gasteiger partial charge in [-0.15, -0.1) is 6.58 Å². The molecule has 0 fully saturated rings. The van der Waals surface area contributed by atoms with Crippen LogP contribution in [0, 0.1) is 22.7 Å². The van der Waals surface area contributed by atoms with Crippen LogP contribution in [0.2, 0.25) is 0 Å². The van der Waals surface area contributed by atoms with Crippen LogP contribution in [0.5, 0.6) is 5.75 Å². The smallest absolute Gasteiger partial charge is 0.279 e. The van der Waals surface area contributed by atoms with E-state index in [1.165, 1.54) is 35.6 Å². The van der Waals surface area contributed by atoms with Gasteiger partial charge >= 0.3 is 0 Å². The predicted molar refractivity (Wildman–Crippen MR) is 137 cm³/mol. The van der Waals surface area contributed by atoms with Crippen LogP contribution in [-0.2, 0) is 16.6 Å². The van der Waals surface area contributed by atoms with Gasteiger partial charge in [-0.3, -0.25) is 4.79 Å². The van der Waals surface area contributed by atoms with E-state index in [0.717, 1.165) is 20.3 Å². The Balaban J connectivity index is 1.93. The summed E-state index contributed by atoms with van der Waals surface area (Å²) in [4.78, 5) is 17.7. The average Bonchev–Trinajstić information content (AvgIpc) is 3.20. The van der Waals surface area contributed by atoms with Crippen LogP contribution < -0.4 is 9.54 Å². The molecule has 36 heavy (non-hydrogen) atoms. The van der Waals surface area contributed by atoms with Crippen molar-refractivity contribution in [3.8, 4) is 17.9 Å². The molecule has 1 aromatic heterocycles. The molecule has 0 bridgehead atoms. The Morgan fingerprint density at radius 2 is 1.83 bits per heavy atom. The molecule has 2 aromatic carbocycles. The topological polar surface area (TPSA) is 129 Å². The molecule has 0 spiro atoms. The van der Waals surface area contributed by atoms with Gasteiger partial charge in [0, 0.05) is 38.0 Å². The summed E-state index contributed by atoms with van der Waals surface area (Å²) in [6.45, 7) is 6.66. The maximum absolute atomic E-state index is 13.0. The Bertz CT molecular complexity index is 1490. The van der Waals surface area contributed by atoms with E-state index in [1.807, 2.05) is 41.8 Å². The molecule has 9 nitrogen and oxygen atoms in total. The minimum Gasteiger partial charge on any atom is -0.494 e. The largest absolute Gasteiger partial charge is 0.494 e. The lowest BCUT2D eigenvalue weighted by atomic mass is 10.2. The summed E-state index contributed by atoms with van der Waals surface area (Å²) in [6.07, 6.45) is 1.73. The third-order valence-corrected chi connectivity index (χ3v) is 8.11. The van der Waals surface area contributed by atoms with Crippen LogP contribution in [0.4, 0.5) is 0 Å². The molecule has 0 unspecified atom stereocenters. The van der Waals surface area contributed by atoms with E-state index in [4.69, 9.17) is 15.3 Å². The maximum Gasteiger partial charge on any atom is 0.279 e.